The molecule has 0 N–H and O–H groups in total. The van der Waals surface area contributed by atoms with Crippen LogP contribution in [-0.4, -0.2) is 35.6 Å². The Labute approximate surface area is 96.1 Å². The molecular formula is C10H17N3O2S. The molecule has 0 amide bonds. The third-order valence-corrected chi connectivity index (χ3v) is 5.12. The van der Waals surface area contributed by atoms with Crippen LogP contribution in [0.1, 0.15) is 25.0 Å². The van der Waals surface area contributed by atoms with E-state index in [1.807, 2.05) is 0 Å². The van der Waals surface area contributed by atoms with Gasteiger partial charge in [0.2, 0.25) is 10.0 Å². The topological polar surface area (TPSA) is 55.2 Å². The molecule has 0 aliphatic carbocycles. The Morgan fingerprint density at radius 1 is 1.25 bits per heavy atom. The minimum atomic E-state index is -3.32. The molecule has 2 heterocycles. The summed E-state index contributed by atoms with van der Waals surface area (Å²) in [5.74, 6) is 0. The molecule has 0 spiro atoms. The Morgan fingerprint density at radius 2 is 1.88 bits per heavy atom. The lowest BCUT2D eigenvalue weighted by Gasteiger charge is -2.25. The second kappa shape index (κ2) is 4.18. The number of piperidine rings is 1. The van der Waals surface area contributed by atoms with Crippen molar-refractivity contribution in [2.24, 2.45) is 7.05 Å². The molecule has 2 rings (SSSR count). The molecule has 1 aliphatic rings. The van der Waals surface area contributed by atoms with Crippen molar-refractivity contribution in [1.29, 1.82) is 0 Å². The highest BCUT2D eigenvalue weighted by Gasteiger charge is 2.28. The highest BCUT2D eigenvalue weighted by atomic mass is 32.2. The molecule has 0 bridgehead atoms. The molecule has 0 atom stereocenters. The Balaban J connectivity index is 2.34. The van der Waals surface area contributed by atoms with E-state index < -0.39 is 10.0 Å². The molecule has 1 aromatic heterocycles. The summed E-state index contributed by atoms with van der Waals surface area (Å²) in [6.45, 7) is 3.05. The molecule has 0 aromatic carbocycles. The minimum absolute atomic E-state index is 0.344. The Bertz CT molecular complexity index is 472. The average molecular weight is 243 g/mol. The van der Waals surface area contributed by atoms with Crippen molar-refractivity contribution >= 4 is 10.0 Å². The number of rotatable bonds is 2. The van der Waals surface area contributed by atoms with E-state index in [2.05, 4.69) is 5.10 Å². The van der Waals surface area contributed by atoms with Crippen molar-refractivity contribution in [2.75, 3.05) is 13.1 Å². The van der Waals surface area contributed by atoms with Crippen LogP contribution in [0, 0.1) is 6.92 Å². The lowest BCUT2D eigenvalue weighted by molar-refractivity contribution is 0.346. The quantitative estimate of drug-likeness (QED) is 0.775. The van der Waals surface area contributed by atoms with Gasteiger partial charge in [-0.3, -0.25) is 4.68 Å². The van der Waals surface area contributed by atoms with E-state index in [0.29, 0.717) is 23.7 Å². The maximum absolute atomic E-state index is 12.3. The molecule has 90 valence electrons. The van der Waals surface area contributed by atoms with Gasteiger partial charge in [0.25, 0.3) is 0 Å². The number of sulfonamides is 1. The molecule has 1 saturated heterocycles. The fourth-order valence-electron chi connectivity index (χ4n) is 1.98. The molecule has 1 aliphatic heterocycles. The van der Waals surface area contributed by atoms with Crippen molar-refractivity contribution in [1.82, 2.24) is 14.1 Å². The first-order chi connectivity index (χ1) is 7.53. The zero-order chi connectivity index (χ0) is 11.8. The first-order valence-electron chi connectivity index (χ1n) is 5.52. The predicted octanol–water partition coefficient (Wildman–Crippen LogP) is 0.903. The van der Waals surface area contributed by atoms with Crippen molar-refractivity contribution in [3.63, 3.8) is 0 Å². The van der Waals surface area contributed by atoms with E-state index in [-0.39, 0.29) is 0 Å². The molecule has 16 heavy (non-hydrogen) atoms. The summed E-state index contributed by atoms with van der Waals surface area (Å²) in [7, 11) is -1.57. The van der Waals surface area contributed by atoms with Gasteiger partial charge < -0.3 is 0 Å². The average Bonchev–Trinajstić information content (AvgIpc) is 2.61. The van der Waals surface area contributed by atoms with Crippen molar-refractivity contribution in [3.8, 4) is 0 Å². The van der Waals surface area contributed by atoms with Crippen LogP contribution in [0.4, 0.5) is 0 Å². The summed E-state index contributed by atoms with van der Waals surface area (Å²) in [5.41, 5.74) is 0.700. The van der Waals surface area contributed by atoms with Crippen LogP contribution < -0.4 is 0 Å². The summed E-state index contributed by atoms with van der Waals surface area (Å²) in [4.78, 5) is 0.344. The number of hydrogen-bond donors (Lipinski definition) is 0. The van der Waals surface area contributed by atoms with Gasteiger partial charge in [0.05, 0.1) is 11.9 Å². The number of aryl methyl sites for hydroxylation is 1. The smallest absolute Gasteiger partial charge is 0.246 e. The van der Waals surface area contributed by atoms with E-state index in [9.17, 15) is 8.42 Å². The standard InChI is InChI=1S/C10H17N3O2S/c1-9-10(8-11-12(9)2)16(14,15)13-6-4-3-5-7-13/h8H,3-7H2,1-2H3. The van der Waals surface area contributed by atoms with E-state index >= 15 is 0 Å². The Morgan fingerprint density at radius 3 is 2.38 bits per heavy atom. The van der Waals surface area contributed by atoms with E-state index in [4.69, 9.17) is 0 Å². The number of nitrogens with zero attached hydrogens (tertiary/aromatic N) is 3. The summed E-state index contributed by atoms with van der Waals surface area (Å²) >= 11 is 0. The fraction of sp³-hybridized carbons (Fsp3) is 0.700. The van der Waals surface area contributed by atoms with Crippen LogP contribution >= 0.6 is 0 Å². The van der Waals surface area contributed by atoms with Gasteiger partial charge in [-0.15, -0.1) is 0 Å². The van der Waals surface area contributed by atoms with E-state index in [0.717, 1.165) is 19.3 Å². The van der Waals surface area contributed by atoms with Crippen molar-refractivity contribution in [2.45, 2.75) is 31.1 Å². The number of hydrogen-bond acceptors (Lipinski definition) is 3. The molecule has 6 heteroatoms. The normalized spacial score (nSPS) is 18.9. The second-order valence-electron chi connectivity index (χ2n) is 4.18. The van der Waals surface area contributed by atoms with Crippen LogP contribution in [0.25, 0.3) is 0 Å². The van der Waals surface area contributed by atoms with Gasteiger partial charge in [-0.25, -0.2) is 8.42 Å². The SMILES string of the molecule is Cc1c(S(=O)(=O)N2CCCCC2)cnn1C. The van der Waals surface area contributed by atoms with Gasteiger partial charge in [0.15, 0.2) is 0 Å². The first-order valence-corrected chi connectivity index (χ1v) is 6.96. The fourth-order valence-corrected chi connectivity index (χ4v) is 3.68. The minimum Gasteiger partial charge on any atom is -0.272 e. The third-order valence-electron chi connectivity index (χ3n) is 3.12. The van der Waals surface area contributed by atoms with Gasteiger partial charge in [0.1, 0.15) is 4.90 Å². The summed E-state index contributed by atoms with van der Waals surface area (Å²) in [6.07, 6.45) is 4.48. The highest BCUT2D eigenvalue weighted by Crippen LogP contribution is 2.22. The molecule has 5 nitrogen and oxygen atoms in total. The summed E-state index contributed by atoms with van der Waals surface area (Å²) in [5, 5.41) is 3.99. The van der Waals surface area contributed by atoms with Crippen LogP contribution in [0.3, 0.4) is 0 Å². The zero-order valence-electron chi connectivity index (χ0n) is 9.68. The zero-order valence-corrected chi connectivity index (χ0v) is 10.5. The Kier molecular flexibility index (Phi) is 3.03. The van der Waals surface area contributed by atoms with Crippen LogP contribution in [-0.2, 0) is 17.1 Å². The van der Waals surface area contributed by atoms with E-state index in [1.165, 1.54) is 6.20 Å². The molecule has 0 saturated carbocycles. The maximum atomic E-state index is 12.3. The van der Waals surface area contributed by atoms with Gasteiger partial charge in [-0.1, -0.05) is 6.42 Å². The van der Waals surface area contributed by atoms with Crippen LogP contribution in [0.5, 0.6) is 0 Å². The highest BCUT2D eigenvalue weighted by molar-refractivity contribution is 7.89. The Hall–Kier alpha value is -0.880. The number of aromatic nitrogens is 2. The predicted molar refractivity (Wildman–Crippen MR) is 60.6 cm³/mol. The molecule has 0 radical (unpaired) electrons. The monoisotopic (exact) mass is 243 g/mol. The maximum Gasteiger partial charge on any atom is 0.246 e. The van der Waals surface area contributed by atoms with Gasteiger partial charge in [0, 0.05) is 20.1 Å². The molecule has 1 fully saturated rings. The second-order valence-corrected chi connectivity index (χ2v) is 6.09. The van der Waals surface area contributed by atoms with Crippen molar-refractivity contribution < 1.29 is 8.42 Å². The first kappa shape index (κ1) is 11.6. The van der Waals surface area contributed by atoms with Gasteiger partial charge >= 0.3 is 0 Å². The third kappa shape index (κ3) is 1.87. The van der Waals surface area contributed by atoms with Crippen LogP contribution in [0.15, 0.2) is 11.1 Å². The van der Waals surface area contributed by atoms with Gasteiger partial charge in [-0.2, -0.15) is 9.40 Å². The molecule has 0 unspecified atom stereocenters. The largest absolute Gasteiger partial charge is 0.272 e. The van der Waals surface area contributed by atoms with Crippen molar-refractivity contribution in [3.05, 3.63) is 11.9 Å². The summed E-state index contributed by atoms with van der Waals surface area (Å²) < 4.78 is 27.8. The van der Waals surface area contributed by atoms with Gasteiger partial charge in [-0.05, 0) is 19.8 Å². The molecule has 1 aromatic rings. The lowest BCUT2D eigenvalue weighted by atomic mass is 10.2. The van der Waals surface area contributed by atoms with E-state index in [1.54, 1.807) is 23.0 Å². The lowest BCUT2D eigenvalue weighted by Crippen LogP contribution is -2.35. The summed E-state index contributed by atoms with van der Waals surface area (Å²) in [6, 6.07) is 0. The van der Waals surface area contributed by atoms with Crippen LogP contribution in [0.2, 0.25) is 0 Å². The molecular weight excluding hydrogens is 226 g/mol.